The number of para-hydroxylation sites is 1. The summed E-state index contributed by atoms with van der Waals surface area (Å²) in [6.45, 7) is 0.736. The van der Waals surface area contributed by atoms with Gasteiger partial charge in [0.05, 0.1) is 0 Å². The van der Waals surface area contributed by atoms with Crippen molar-refractivity contribution in [2.24, 2.45) is 23.1 Å². The van der Waals surface area contributed by atoms with Gasteiger partial charge in [0.25, 0.3) is 0 Å². The van der Waals surface area contributed by atoms with E-state index in [1.807, 2.05) is 18.2 Å². The average molecular weight is 1400 g/mol. The summed E-state index contributed by atoms with van der Waals surface area (Å²) in [4.78, 5) is 174. The number of aromatic nitrogens is 1. The molecule has 1 aliphatic carbocycles. The number of fused-ring (bicyclic) bond motifs is 1. The van der Waals surface area contributed by atoms with Gasteiger partial charge in [-0.15, -0.1) is 0 Å². The number of phenolic OH excluding ortho intramolecular Hbond substituents is 2. The molecule has 31 heteroatoms. The van der Waals surface area contributed by atoms with E-state index in [1.54, 1.807) is 24.4 Å². The first kappa shape index (κ1) is 76.4. The Balaban J connectivity index is 1.23. The van der Waals surface area contributed by atoms with E-state index in [2.05, 4.69) is 52.8 Å². The predicted molar refractivity (Wildman–Crippen MR) is 367 cm³/mol. The molecule has 9 atom stereocenters. The van der Waals surface area contributed by atoms with E-state index in [9.17, 15) is 63.3 Å². The van der Waals surface area contributed by atoms with Crippen LogP contribution in [0.5, 0.6) is 11.5 Å². The number of nitrogens with one attached hydrogen (secondary N) is 10. The molecule has 0 bridgehead atoms. The molecule has 11 amide bonds. The van der Waals surface area contributed by atoms with Gasteiger partial charge in [-0.1, -0.05) is 83.3 Å². The Morgan fingerprint density at radius 1 is 0.622 bits per heavy atom. The minimum absolute atomic E-state index is 0.0251. The van der Waals surface area contributed by atoms with Crippen molar-refractivity contribution in [3.63, 3.8) is 0 Å². The topological polar surface area (TPSA) is 471 Å². The third kappa shape index (κ3) is 23.7. The van der Waals surface area contributed by atoms with Gasteiger partial charge in [0, 0.05) is 86.8 Å². The highest BCUT2D eigenvalue weighted by Crippen LogP contribution is 2.30. The highest BCUT2D eigenvalue weighted by molar-refractivity contribution is 8.76. The molecule has 7 rings (SSSR count). The van der Waals surface area contributed by atoms with Crippen LogP contribution < -0.4 is 65.1 Å². The zero-order chi connectivity index (χ0) is 70.7. The number of carboxylic acids is 1. The van der Waals surface area contributed by atoms with Gasteiger partial charge in [-0.25, -0.2) is 0 Å². The third-order valence-corrected chi connectivity index (χ3v) is 20.0. The van der Waals surface area contributed by atoms with Crippen LogP contribution in [0.3, 0.4) is 0 Å². The Morgan fingerprint density at radius 2 is 1.27 bits per heavy atom. The summed E-state index contributed by atoms with van der Waals surface area (Å²) in [7, 11) is 1.85. The maximum absolute atomic E-state index is 15.2. The quantitative estimate of drug-likeness (QED) is 0.0400. The zero-order valence-corrected chi connectivity index (χ0v) is 56.3. The van der Waals surface area contributed by atoms with Crippen LogP contribution in [0.4, 0.5) is 0 Å². The first-order valence-electron chi connectivity index (χ1n) is 33.4. The normalized spacial score (nSPS) is 23.2. The molecule has 0 radical (unpaired) electrons. The second-order valence-corrected chi connectivity index (χ2v) is 27.4. The zero-order valence-electron chi connectivity index (χ0n) is 54.7. The van der Waals surface area contributed by atoms with Gasteiger partial charge in [-0.05, 0) is 124 Å². The van der Waals surface area contributed by atoms with Gasteiger partial charge in [-0.2, -0.15) is 0 Å². The molecule has 3 heterocycles. The summed E-state index contributed by atoms with van der Waals surface area (Å²) in [5.41, 5.74) is 19.8. The summed E-state index contributed by atoms with van der Waals surface area (Å²) in [5, 5.41) is 55.7. The van der Waals surface area contributed by atoms with Crippen LogP contribution in [0.2, 0.25) is 0 Å². The Morgan fingerprint density at radius 3 is 1.94 bits per heavy atom. The fourth-order valence-electron chi connectivity index (χ4n) is 12.1. The van der Waals surface area contributed by atoms with Crippen molar-refractivity contribution < 1.29 is 72.9 Å². The van der Waals surface area contributed by atoms with Crippen LogP contribution >= 0.6 is 21.6 Å². The Hall–Kier alpha value is -8.94. The number of H-pyrrole nitrogens is 1. The van der Waals surface area contributed by atoms with E-state index in [-0.39, 0.29) is 93.5 Å². The number of hydrogen-bond donors (Lipinski definition) is 16. The van der Waals surface area contributed by atoms with Crippen LogP contribution in [-0.4, -0.2) is 188 Å². The Kier molecular flexibility index (Phi) is 30.3. The number of rotatable bonds is 21. The molecule has 0 spiro atoms. The number of aromatic hydroxyl groups is 2. The summed E-state index contributed by atoms with van der Waals surface area (Å²) >= 11 is 0. The van der Waals surface area contributed by atoms with E-state index in [1.165, 1.54) is 41.3 Å². The lowest BCUT2D eigenvalue weighted by atomic mass is 9.95. The molecule has 3 fully saturated rings. The molecule has 532 valence electrons. The van der Waals surface area contributed by atoms with Crippen LogP contribution in [0.25, 0.3) is 10.9 Å². The first-order chi connectivity index (χ1) is 47.1. The monoisotopic (exact) mass is 1400 g/mol. The fraction of sp³-hybridized carbons (Fsp3) is 0.522. The predicted octanol–water partition coefficient (Wildman–Crippen LogP) is 0.566. The Labute approximate surface area is 575 Å². The van der Waals surface area contributed by atoms with Gasteiger partial charge in [0.2, 0.25) is 65.0 Å². The number of hydrogen-bond acceptors (Lipinski definition) is 18. The lowest BCUT2D eigenvalue weighted by molar-refractivity contribution is -0.139. The average Bonchev–Trinajstić information content (AvgIpc) is 1.63. The number of benzene rings is 3. The van der Waals surface area contributed by atoms with Crippen molar-refractivity contribution >= 4 is 103 Å². The molecule has 98 heavy (non-hydrogen) atoms. The van der Waals surface area contributed by atoms with Crippen molar-refractivity contribution in [2.45, 2.75) is 176 Å². The number of phenols is 2. The molecule has 4 aromatic rings. The fourth-order valence-corrected chi connectivity index (χ4v) is 14.5. The smallest absolute Gasteiger partial charge is 0.303 e. The van der Waals surface area contributed by atoms with E-state index in [0.717, 1.165) is 32.5 Å². The van der Waals surface area contributed by atoms with Gasteiger partial charge in [0.15, 0.2) is 0 Å². The maximum Gasteiger partial charge on any atom is 0.303 e. The molecular weight excluding hydrogens is 1300 g/mol. The number of aliphatic carboxylic acids is 1. The minimum atomic E-state index is -1.58. The van der Waals surface area contributed by atoms with Crippen molar-refractivity contribution in [2.75, 3.05) is 37.7 Å². The van der Waals surface area contributed by atoms with Crippen LogP contribution in [0.15, 0.2) is 79.0 Å². The first-order valence-corrected chi connectivity index (χ1v) is 35.9. The van der Waals surface area contributed by atoms with E-state index >= 15 is 9.59 Å². The number of primary amides is 1. The molecule has 0 unspecified atom stereocenters. The number of unbranched alkanes of at least 4 members (excludes halogenated alkanes) is 1. The summed E-state index contributed by atoms with van der Waals surface area (Å²) in [6, 6.07) is 6.84. The van der Waals surface area contributed by atoms with Crippen molar-refractivity contribution in [1.29, 1.82) is 0 Å². The number of amides is 11. The van der Waals surface area contributed by atoms with Crippen LogP contribution in [0, 0.1) is 5.92 Å². The molecule has 2 saturated heterocycles. The van der Waals surface area contributed by atoms with Gasteiger partial charge >= 0.3 is 5.97 Å². The maximum atomic E-state index is 15.2. The minimum Gasteiger partial charge on any atom is -0.508 e. The summed E-state index contributed by atoms with van der Waals surface area (Å²) < 4.78 is 0. The van der Waals surface area contributed by atoms with Crippen molar-refractivity contribution in [1.82, 2.24) is 57.7 Å². The molecule has 2 aliphatic heterocycles. The van der Waals surface area contributed by atoms with Gasteiger partial charge in [0.1, 0.15) is 65.9 Å². The van der Waals surface area contributed by atoms with E-state index < -0.39 is 138 Å². The highest BCUT2D eigenvalue weighted by Gasteiger charge is 2.40. The van der Waals surface area contributed by atoms with Crippen molar-refractivity contribution in [3.8, 4) is 11.5 Å². The summed E-state index contributed by atoms with van der Waals surface area (Å²) in [5.74, 6) is -10.8. The van der Waals surface area contributed by atoms with Crippen LogP contribution in [-0.2, 0) is 76.8 Å². The SMILES string of the molecule is NCCCC[C@@H]1NC(=O)[C@H](Cc2ccc(O)cc2)NC(=O)[C@H](C2CCCC2)NC(=O)[C@@H](NC(=O)[C@H](Cc2ccc(O)cc2)NC(=O)[C@@H]2CCCN2C(=O)CCN)CSSC[C@@H](C(N)=O)NC(=O)[C@H](CCC(=O)O)NC(=O)[C@H](Cc2c[nH]c3ccccc23)NC(=O)CCCCCNC1=O. The molecule has 1 aromatic heterocycles. The standard InChI is InChI=1S/C67H92N14O15S2/c68-29-8-7-15-47-60(89)71-31-9-1-2-17-55(84)73-51(35-42-36-72-46-14-6-5-13-45(42)46)64(93)75-48(26-27-57(86)87)61(90)78-52(59(70)88)37-97-98-38-53(65(94)80-58(41-11-3-4-12-41)67(96)77-50(62(91)74-47)34-40-20-24-44(83)25-21-40)79-63(92)49(33-39-18-22-43(82)23-19-39)76-66(95)54-16-10-32-81(54)56(85)28-30-69/h5-6,13-14,18-25,36,41,47-54,58,72,82-83H,1-4,7-12,15-17,26-35,37-38,68-69H2,(H2,70,88)(H,71,89)(H,73,84)(H,74,91)(H,75,93)(H,76,95)(H,77,96)(H,78,90)(H,79,92)(H,80,94)(H,86,87)/t47-,48-,49-,50-,51-,52-,53-,54-,58-/m0/s1. The third-order valence-electron chi connectivity index (χ3n) is 17.5. The lowest BCUT2D eigenvalue weighted by Gasteiger charge is -2.30. The van der Waals surface area contributed by atoms with E-state index in [0.29, 0.717) is 87.4 Å². The van der Waals surface area contributed by atoms with Crippen LogP contribution in [0.1, 0.15) is 119 Å². The van der Waals surface area contributed by atoms with E-state index in [4.69, 9.17) is 17.2 Å². The molecule has 1 saturated carbocycles. The van der Waals surface area contributed by atoms with Crippen molar-refractivity contribution in [3.05, 3.63) is 95.7 Å². The second-order valence-electron chi connectivity index (χ2n) is 24.9. The second kappa shape index (κ2) is 38.9. The number of carbonyl (C=O) groups excluding carboxylic acids is 11. The molecule has 29 nitrogen and oxygen atoms in total. The number of carbonyl (C=O) groups is 12. The Bertz CT molecular complexity index is 3410. The molecular formula is C67H92N14O15S2. The molecule has 3 aliphatic rings. The number of carboxylic acid groups (broad SMARTS) is 1. The molecule has 19 N–H and O–H groups in total. The summed E-state index contributed by atoms with van der Waals surface area (Å²) in [6.07, 6.45) is 5.41. The highest BCUT2D eigenvalue weighted by atomic mass is 33.1. The lowest BCUT2D eigenvalue weighted by Crippen LogP contribution is -2.61. The number of likely N-dealkylation sites (tertiary alicyclic amines) is 1. The number of nitrogens with zero attached hydrogens (tertiary/aromatic N) is 1. The number of aromatic amines is 1. The van der Waals surface area contributed by atoms with Gasteiger partial charge in [-0.3, -0.25) is 57.5 Å². The van der Waals surface area contributed by atoms with Gasteiger partial charge < -0.3 is 90.3 Å². The molecule has 3 aromatic carbocycles. The number of nitrogens with two attached hydrogens (primary N) is 3. The largest absolute Gasteiger partial charge is 0.508 e.